The van der Waals surface area contributed by atoms with Crippen LogP contribution in [0, 0.1) is 18.6 Å². The molecule has 1 heterocycles. The summed E-state index contributed by atoms with van der Waals surface area (Å²) in [5.41, 5.74) is 0.898. The van der Waals surface area contributed by atoms with Crippen LogP contribution < -0.4 is 0 Å². The first-order valence-corrected chi connectivity index (χ1v) is 7.84. The highest BCUT2D eigenvalue weighted by molar-refractivity contribution is 9.10. The van der Waals surface area contributed by atoms with Gasteiger partial charge in [0.15, 0.2) is 0 Å². The highest BCUT2D eigenvalue weighted by atomic mass is 79.9. The maximum Gasteiger partial charge on any atom is 0.131 e. The van der Waals surface area contributed by atoms with E-state index in [2.05, 4.69) is 31.9 Å². The van der Waals surface area contributed by atoms with Crippen LogP contribution in [0.2, 0.25) is 4.34 Å². The zero-order valence-electron chi connectivity index (χ0n) is 9.11. The molecule has 18 heavy (non-hydrogen) atoms. The molecule has 0 N–H and O–H groups in total. The summed E-state index contributed by atoms with van der Waals surface area (Å²) in [6, 6.07) is 4.32. The van der Waals surface area contributed by atoms with Gasteiger partial charge in [0, 0.05) is 14.9 Å². The van der Waals surface area contributed by atoms with Gasteiger partial charge in [0.2, 0.25) is 0 Å². The fourth-order valence-electron chi connectivity index (χ4n) is 1.55. The molecule has 1 unspecified atom stereocenters. The van der Waals surface area contributed by atoms with Gasteiger partial charge in [-0.2, -0.15) is 0 Å². The van der Waals surface area contributed by atoms with Gasteiger partial charge in [-0.05, 0) is 30.7 Å². The summed E-state index contributed by atoms with van der Waals surface area (Å²) in [7, 11) is 0. The molecule has 0 fully saturated rings. The van der Waals surface area contributed by atoms with Crippen molar-refractivity contribution in [3.63, 3.8) is 0 Å². The summed E-state index contributed by atoms with van der Waals surface area (Å²) in [5.74, 6) is -1.18. The zero-order chi connectivity index (χ0) is 13.4. The molecule has 0 aliphatic rings. The van der Waals surface area contributed by atoms with Crippen molar-refractivity contribution in [2.45, 2.75) is 11.8 Å². The minimum Gasteiger partial charge on any atom is -0.206 e. The third kappa shape index (κ3) is 2.79. The monoisotopic (exact) mass is 414 g/mol. The molecule has 0 saturated carbocycles. The number of halogens is 5. The Morgan fingerprint density at radius 2 is 1.78 bits per heavy atom. The predicted octanol–water partition coefficient (Wildman–Crippen LogP) is 6.23. The Balaban J connectivity index is 2.49. The standard InChI is InChI=1S/C12H7Br2ClF2S/c1-5-2-9(18-12(5)15)11(14)10-7(16)3-6(13)4-8(10)17/h2-4,11H,1H3. The van der Waals surface area contributed by atoms with Crippen LogP contribution >= 0.6 is 54.8 Å². The average Bonchev–Trinajstić information content (AvgIpc) is 2.57. The molecular formula is C12H7Br2ClF2S. The second-order valence-electron chi connectivity index (χ2n) is 3.75. The van der Waals surface area contributed by atoms with Crippen molar-refractivity contribution in [3.05, 3.63) is 54.6 Å². The van der Waals surface area contributed by atoms with Crippen LogP contribution in [0.3, 0.4) is 0 Å². The molecule has 0 amide bonds. The minimum absolute atomic E-state index is 0.00360. The van der Waals surface area contributed by atoms with Crippen LogP contribution in [-0.2, 0) is 0 Å². The van der Waals surface area contributed by atoms with E-state index in [4.69, 9.17) is 11.6 Å². The van der Waals surface area contributed by atoms with Crippen LogP contribution in [0.5, 0.6) is 0 Å². The lowest BCUT2D eigenvalue weighted by molar-refractivity contribution is 0.560. The van der Waals surface area contributed by atoms with Gasteiger partial charge in [0.25, 0.3) is 0 Å². The normalized spacial score (nSPS) is 12.8. The van der Waals surface area contributed by atoms with E-state index in [9.17, 15) is 8.78 Å². The van der Waals surface area contributed by atoms with Crippen molar-refractivity contribution in [2.24, 2.45) is 0 Å². The summed E-state index contributed by atoms with van der Waals surface area (Å²) in [5, 5.41) is 0. The lowest BCUT2D eigenvalue weighted by Crippen LogP contribution is -1.99. The molecule has 0 aliphatic heterocycles. The third-order valence-electron chi connectivity index (χ3n) is 2.42. The number of hydrogen-bond acceptors (Lipinski definition) is 1. The van der Waals surface area contributed by atoms with E-state index in [-0.39, 0.29) is 5.56 Å². The lowest BCUT2D eigenvalue weighted by atomic mass is 10.1. The fourth-order valence-corrected chi connectivity index (χ4v) is 4.00. The van der Waals surface area contributed by atoms with Crippen molar-refractivity contribution < 1.29 is 8.78 Å². The van der Waals surface area contributed by atoms with Gasteiger partial charge in [0.1, 0.15) is 11.6 Å². The van der Waals surface area contributed by atoms with Crippen molar-refractivity contribution in [1.29, 1.82) is 0 Å². The van der Waals surface area contributed by atoms with Crippen molar-refractivity contribution in [2.75, 3.05) is 0 Å². The molecule has 6 heteroatoms. The Bertz CT molecular complexity index is 555. The largest absolute Gasteiger partial charge is 0.206 e. The highest BCUT2D eigenvalue weighted by Gasteiger charge is 2.22. The Kier molecular flexibility index (Phi) is 4.47. The van der Waals surface area contributed by atoms with E-state index >= 15 is 0 Å². The van der Waals surface area contributed by atoms with Crippen molar-refractivity contribution in [3.8, 4) is 0 Å². The number of hydrogen-bond donors (Lipinski definition) is 0. The summed E-state index contributed by atoms with van der Waals surface area (Å²) in [6.07, 6.45) is 0. The van der Waals surface area contributed by atoms with Gasteiger partial charge in [-0.1, -0.05) is 43.5 Å². The molecule has 1 aromatic carbocycles. The molecule has 0 bridgehead atoms. The van der Waals surface area contributed by atoms with Crippen LogP contribution in [0.15, 0.2) is 22.7 Å². The fraction of sp³-hybridized carbons (Fsp3) is 0.167. The van der Waals surface area contributed by atoms with Crippen molar-refractivity contribution in [1.82, 2.24) is 0 Å². The Morgan fingerprint density at radius 3 is 2.22 bits per heavy atom. The zero-order valence-corrected chi connectivity index (χ0v) is 13.9. The van der Waals surface area contributed by atoms with Crippen LogP contribution in [0.25, 0.3) is 0 Å². The van der Waals surface area contributed by atoms with Crippen LogP contribution in [0.1, 0.15) is 20.8 Å². The Morgan fingerprint density at radius 1 is 1.22 bits per heavy atom. The summed E-state index contributed by atoms with van der Waals surface area (Å²) < 4.78 is 28.7. The molecular weight excluding hydrogens is 409 g/mol. The lowest BCUT2D eigenvalue weighted by Gasteiger charge is -2.11. The summed E-state index contributed by atoms with van der Waals surface area (Å²) >= 11 is 13.7. The highest BCUT2D eigenvalue weighted by Crippen LogP contribution is 2.41. The molecule has 96 valence electrons. The molecule has 2 rings (SSSR count). The maximum absolute atomic E-state index is 13.8. The van der Waals surface area contributed by atoms with Gasteiger partial charge < -0.3 is 0 Å². The summed E-state index contributed by atoms with van der Waals surface area (Å²) in [6.45, 7) is 1.86. The van der Waals surface area contributed by atoms with E-state index < -0.39 is 16.5 Å². The number of alkyl halides is 1. The number of benzene rings is 1. The van der Waals surface area contributed by atoms with Crippen molar-refractivity contribution >= 4 is 54.8 Å². The molecule has 0 saturated heterocycles. The first-order chi connectivity index (χ1) is 8.40. The van der Waals surface area contributed by atoms with E-state index in [0.717, 1.165) is 10.4 Å². The van der Waals surface area contributed by atoms with Crippen LogP contribution in [0.4, 0.5) is 8.78 Å². The quantitative estimate of drug-likeness (QED) is 0.509. The first kappa shape index (κ1) is 14.4. The van der Waals surface area contributed by atoms with Gasteiger partial charge in [-0.25, -0.2) is 8.78 Å². The van der Waals surface area contributed by atoms with Crippen LogP contribution in [-0.4, -0.2) is 0 Å². The maximum atomic E-state index is 13.8. The minimum atomic E-state index is -0.592. The molecule has 0 nitrogen and oxygen atoms in total. The second kappa shape index (κ2) is 5.57. The molecule has 2 aromatic rings. The van der Waals surface area contributed by atoms with Gasteiger partial charge in [-0.15, -0.1) is 11.3 Å². The average molecular weight is 417 g/mol. The van der Waals surface area contributed by atoms with E-state index in [0.29, 0.717) is 8.81 Å². The SMILES string of the molecule is Cc1cc(C(Br)c2c(F)cc(Br)cc2F)sc1Cl. The smallest absolute Gasteiger partial charge is 0.131 e. The first-order valence-electron chi connectivity index (χ1n) is 4.94. The van der Waals surface area contributed by atoms with Gasteiger partial charge in [0.05, 0.1) is 9.16 Å². The number of rotatable bonds is 2. The van der Waals surface area contributed by atoms with E-state index in [1.807, 2.05) is 13.0 Å². The molecule has 1 atom stereocenters. The van der Waals surface area contributed by atoms with E-state index in [1.54, 1.807) is 0 Å². The summed E-state index contributed by atoms with van der Waals surface area (Å²) in [4.78, 5) is 0.236. The Hall–Kier alpha value is 0.0300. The number of aryl methyl sites for hydroxylation is 1. The second-order valence-corrected chi connectivity index (χ2v) is 7.27. The van der Waals surface area contributed by atoms with Gasteiger partial charge in [-0.3, -0.25) is 0 Å². The number of thiophene rings is 1. The molecule has 1 aromatic heterocycles. The Labute approximate surface area is 129 Å². The van der Waals surface area contributed by atoms with Gasteiger partial charge >= 0.3 is 0 Å². The van der Waals surface area contributed by atoms with E-state index in [1.165, 1.54) is 23.5 Å². The molecule has 0 spiro atoms. The molecule has 0 radical (unpaired) electrons. The topological polar surface area (TPSA) is 0 Å². The molecule has 0 aliphatic carbocycles. The third-order valence-corrected chi connectivity index (χ3v) is 5.76. The predicted molar refractivity (Wildman–Crippen MR) is 78.9 cm³/mol.